The van der Waals surface area contributed by atoms with Crippen molar-refractivity contribution in [2.75, 3.05) is 31.6 Å². The first kappa shape index (κ1) is 20.7. The van der Waals surface area contributed by atoms with Crippen molar-refractivity contribution in [2.24, 2.45) is 0 Å². The number of fused-ring (bicyclic) bond motifs is 1. The number of nitrogens with one attached hydrogen (secondary N) is 1. The van der Waals surface area contributed by atoms with E-state index in [0.29, 0.717) is 29.1 Å². The lowest BCUT2D eigenvalue weighted by Gasteiger charge is -2.41. The second-order valence-electron chi connectivity index (χ2n) is 9.13. The molecule has 168 valence electrons. The van der Waals surface area contributed by atoms with Gasteiger partial charge in [-0.25, -0.2) is 14.6 Å². The van der Waals surface area contributed by atoms with Gasteiger partial charge in [0.15, 0.2) is 5.15 Å². The van der Waals surface area contributed by atoms with Gasteiger partial charge in [-0.15, -0.1) is 0 Å². The van der Waals surface area contributed by atoms with E-state index in [1.807, 2.05) is 16.9 Å². The summed E-state index contributed by atoms with van der Waals surface area (Å²) in [7, 11) is 0. The smallest absolute Gasteiger partial charge is 0.227 e. The largest absolute Gasteiger partial charge is 0.378 e. The third kappa shape index (κ3) is 3.75. The van der Waals surface area contributed by atoms with Gasteiger partial charge in [-0.1, -0.05) is 23.2 Å². The van der Waals surface area contributed by atoms with Crippen molar-refractivity contribution < 1.29 is 4.74 Å². The van der Waals surface area contributed by atoms with Gasteiger partial charge >= 0.3 is 0 Å². The topological polar surface area (TPSA) is 68.1 Å². The quantitative estimate of drug-likeness (QED) is 0.551. The summed E-state index contributed by atoms with van der Waals surface area (Å²) < 4.78 is 7.25. The fourth-order valence-electron chi connectivity index (χ4n) is 4.89. The molecule has 0 spiro atoms. The first-order valence-corrected chi connectivity index (χ1v) is 12.2. The maximum Gasteiger partial charge on any atom is 0.227 e. The molecule has 2 aromatic heterocycles. The van der Waals surface area contributed by atoms with Gasteiger partial charge in [0.2, 0.25) is 5.95 Å². The highest BCUT2D eigenvalue weighted by Crippen LogP contribution is 2.38. The predicted octanol–water partition coefficient (Wildman–Crippen LogP) is 5.18. The van der Waals surface area contributed by atoms with Crippen molar-refractivity contribution in [3.05, 3.63) is 40.3 Å². The van der Waals surface area contributed by atoms with Crippen molar-refractivity contribution >= 4 is 45.7 Å². The van der Waals surface area contributed by atoms with Crippen molar-refractivity contribution in [3.63, 3.8) is 0 Å². The summed E-state index contributed by atoms with van der Waals surface area (Å²) in [5.74, 6) is 0.964. The fraction of sp³-hybridized carbons (Fsp3) is 0.522. The van der Waals surface area contributed by atoms with Crippen LogP contribution in [0, 0.1) is 0 Å². The van der Waals surface area contributed by atoms with Gasteiger partial charge in [0.05, 0.1) is 42.7 Å². The molecule has 3 aromatic rings. The maximum absolute atomic E-state index is 6.68. The molecule has 1 aliphatic carbocycles. The number of anilines is 2. The Bertz CT molecular complexity index is 1130. The third-order valence-corrected chi connectivity index (χ3v) is 7.91. The van der Waals surface area contributed by atoms with E-state index in [4.69, 9.17) is 32.9 Å². The number of ether oxygens (including phenoxy) is 1. The van der Waals surface area contributed by atoms with Gasteiger partial charge in [0.25, 0.3) is 0 Å². The predicted molar refractivity (Wildman–Crippen MR) is 126 cm³/mol. The summed E-state index contributed by atoms with van der Waals surface area (Å²) in [6.07, 6.45) is 9.26. The highest BCUT2D eigenvalue weighted by atomic mass is 35.5. The zero-order valence-electron chi connectivity index (χ0n) is 17.8. The van der Waals surface area contributed by atoms with E-state index in [1.54, 1.807) is 6.20 Å². The summed E-state index contributed by atoms with van der Waals surface area (Å²) >= 11 is 13.2. The summed E-state index contributed by atoms with van der Waals surface area (Å²) in [5.41, 5.74) is 2.81. The highest BCUT2D eigenvalue weighted by molar-refractivity contribution is 6.32. The number of hydrogen-bond donors (Lipinski definition) is 1. The van der Waals surface area contributed by atoms with Crippen LogP contribution in [0.5, 0.6) is 0 Å². The SMILES string of the molecule is Clc1cc2cnc(Nc3cnn(C4CCC4)c3Cl)nc2cc1C1CCN(C2COC2)CC1. The molecule has 3 aliphatic rings. The van der Waals surface area contributed by atoms with Crippen LogP contribution in [0.4, 0.5) is 11.6 Å². The summed E-state index contributed by atoms with van der Waals surface area (Å²) in [6, 6.07) is 5.13. The van der Waals surface area contributed by atoms with E-state index < -0.39 is 0 Å². The Morgan fingerprint density at radius 2 is 1.81 bits per heavy atom. The molecule has 0 radical (unpaired) electrons. The first-order chi connectivity index (χ1) is 15.7. The van der Waals surface area contributed by atoms with Crippen LogP contribution in [0.15, 0.2) is 24.5 Å². The molecule has 32 heavy (non-hydrogen) atoms. The van der Waals surface area contributed by atoms with Crippen LogP contribution in [0.2, 0.25) is 10.2 Å². The van der Waals surface area contributed by atoms with E-state index in [-0.39, 0.29) is 0 Å². The second kappa shape index (κ2) is 8.45. The number of aromatic nitrogens is 4. The molecular formula is C23H26Cl2N6O. The molecule has 0 bridgehead atoms. The van der Waals surface area contributed by atoms with Crippen molar-refractivity contribution in [1.82, 2.24) is 24.6 Å². The molecule has 0 amide bonds. The number of halogens is 2. The Kier molecular flexibility index (Phi) is 5.45. The third-order valence-electron chi connectivity index (χ3n) is 7.21. The Morgan fingerprint density at radius 1 is 1.00 bits per heavy atom. The van der Waals surface area contributed by atoms with Crippen molar-refractivity contribution in [1.29, 1.82) is 0 Å². The number of likely N-dealkylation sites (tertiary alicyclic amines) is 1. The lowest BCUT2D eigenvalue weighted by atomic mass is 9.88. The zero-order valence-corrected chi connectivity index (χ0v) is 19.3. The van der Waals surface area contributed by atoms with Crippen LogP contribution in [-0.4, -0.2) is 57.0 Å². The van der Waals surface area contributed by atoms with Crippen LogP contribution >= 0.6 is 23.2 Å². The molecule has 4 heterocycles. The number of piperidine rings is 1. The standard InChI is InChI=1S/C23H26Cl2N6O/c24-19-8-15-10-26-23(29-21-11-27-31(22(21)25)16-2-1-3-16)28-20(15)9-18(19)14-4-6-30(7-5-14)17-12-32-13-17/h8-11,14,16-17H,1-7,12-13H2,(H,26,28,29). The van der Waals surface area contributed by atoms with Crippen molar-refractivity contribution in [3.8, 4) is 0 Å². The Hall–Kier alpha value is -1.93. The molecule has 7 nitrogen and oxygen atoms in total. The molecule has 2 aliphatic heterocycles. The Labute approximate surface area is 197 Å². The molecule has 0 unspecified atom stereocenters. The van der Waals surface area contributed by atoms with E-state index in [1.165, 1.54) is 12.0 Å². The van der Waals surface area contributed by atoms with Gasteiger partial charge < -0.3 is 10.1 Å². The number of rotatable bonds is 5. The van der Waals surface area contributed by atoms with Crippen molar-refractivity contribution in [2.45, 2.75) is 50.1 Å². The van der Waals surface area contributed by atoms with Crippen LogP contribution < -0.4 is 5.32 Å². The minimum Gasteiger partial charge on any atom is -0.378 e. The molecule has 1 aromatic carbocycles. The van der Waals surface area contributed by atoms with Crippen LogP contribution in [0.1, 0.15) is 49.6 Å². The number of nitrogens with zero attached hydrogens (tertiary/aromatic N) is 5. The molecule has 0 atom stereocenters. The van der Waals surface area contributed by atoms with E-state index in [9.17, 15) is 0 Å². The van der Waals surface area contributed by atoms with E-state index in [0.717, 1.165) is 73.6 Å². The van der Waals surface area contributed by atoms with E-state index >= 15 is 0 Å². The molecular weight excluding hydrogens is 447 g/mol. The molecule has 9 heteroatoms. The maximum atomic E-state index is 6.68. The molecule has 2 saturated heterocycles. The van der Waals surface area contributed by atoms with Gasteiger partial charge in [-0.3, -0.25) is 4.90 Å². The normalized spacial score (nSPS) is 20.9. The van der Waals surface area contributed by atoms with Gasteiger partial charge in [0, 0.05) is 16.6 Å². The molecule has 1 N–H and O–H groups in total. The first-order valence-electron chi connectivity index (χ1n) is 11.4. The lowest BCUT2D eigenvalue weighted by molar-refractivity contribution is -0.0712. The molecule has 3 fully saturated rings. The minimum absolute atomic E-state index is 0.406. The van der Waals surface area contributed by atoms with Crippen LogP contribution in [-0.2, 0) is 4.74 Å². The molecule has 6 rings (SSSR count). The number of benzene rings is 1. The average molecular weight is 473 g/mol. The number of hydrogen-bond acceptors (Lipinski definition) is 6. The highest BCUT2D eigenvalue weighted by Gasteiger charge is 2.31. The minimum atomic E-state index is 0.406. The second-order valence-corrected chi connectivity index (χ2v) is 9.90. The van der Waals surface area contributed by atoms with Gasteiger partial charge in [0.1, 0.15) is 0 Å². The van der Waals surface area contributed by atoms with Crippen LogP contribution in [0.3, 0.4) is 0 Å². The molecule has 1 saturated carbocycles. The van der Waals surface area contributed by atoms with Gasteiger partial charge in [-0.2, -0.15) is 5.10 Å². The average Bonchev–Trinajstić information content (AvgIpc) is 3.06. The Balaban J connectivity index is 1.22. The fourth-order valence-corrected chi connectivity index (χ4v) is 5.49. The lowest BCUT2D eigenvalue weighted by Crippen LogP contribution is -2.51. The summed E-state index contributed by atoms with van der Waals surface area (Å²) in [5, 5.41) is 10.0. The van der Waals surface area contributed by atoms with Gasteiger partial charge in [-0.05, 0) is 68.8 Å². The van der Waals surface area contributed by atoms with Crippen LogP contribution in [0.25, 0.3) is 10.9 Å². The summed E-state index contributed by atoms with van der Waals surface area (Å²) in [4.78, 5) is 11.8. The summed E-state index contributed by atoms with van der Waals surface area (Å²) in [6.45, 7) is 3.93. The van der Waals surface area contributed by atoms with E-state index in [2.05, 4.69) is 26.4 Å². The Morgan fingerprint density at radius 3 is 2.50 bits per heavy atom. The monoisotopic (exact) mass is 472 g/mol. The zero-order chi connectivity index (χ0) is 21.7.